The lowest BCUT2D eigenvalue weighted by Gasteiger charge is -2.03. The van der Waals surface area contributed by atoms with Crippen LogP contribution in [-0.4, -0.2) is 18.2 Å². The van der Waals surface area contributed by atoms with Gasteiger partial charge in [0.1, 0.15) is 5.71 Å². The average Bonchev–Trinajstić information content (AvgIpc) is 1.90. The molecule has 0 fully saturated rings. The van der Waals surface area contributed by atoms with Crippen LogP contribution >= 0.6 is 0 Å². The Balaban J connectivity index is 2.68. The molecule has 1 rings (SSSR count). The van der Waals surface area contributed by atoms with Crippen molar-refractivity contribution in [1.29, 1.82) is 0 Å². The third kappa shape index (κ3) is 1.28. The summed E-state index contributed by atoms with van der Waals surface area (Å²) in [6, 6.07) is 0. The van der Waals surface area contributed by atoms with Gasteiger partial charge >= 0.3 is 0 Å². The van der Waals surface area contributed by atoms with Gasteiger partial charge in [-0.3, -0.25) is 9.79 Å². The average molecular weight is 125 g/mol. The number of amides is 1. The van der Waals surface area contributed by atoms with Gasteiger partial charge in [0, 0.05) is 12.4 Å². The molecule has 3 N–H and O–H groups in total. The number of carbonyl (C=O) groups excluding carboxylic acids is 1. The molecule has 0 saturated carbocycles. The molecule has 0 saturated heterocycles. The van der Waals surface area contributed by atoms with E-state index in [0.29, 0.717) is 12.3 Å². The molecular weight excluding hydrogens is 118 g/mol. The van der Waals surface area contributed by atoms with Crippen molar-refractivity contribution < 1.29 is 4.79 Å². The molecule has 0 aromatic rings. The van der Waals surface area contributed by atoms with Crippen LogP contribution in [-0.2, 0) is 4.79 Å². The van der Waals surface area contributed by atoms with Crippen LogP contribution in [0.1, 0.15) is 0 Å². The van der Waals surface area contributed by atoms with E-state index in [-0.39, 0.29) is 0 Å². The Morgan fingerprint density at radius 3 is 3.00 bits per heavy atom. The summed E-state index contributed by atoms with van der Waals surface area (Å²) in [6.45, 7) is 0.436. The summed E-state index contributed by atoms with van der Waals surface area (Å²) in [7, 11) is 0. The van der Waals surface area contributed by atoms with Gasteiger partial charge in [-0.1, -0.05) is 0 Å². The molecule has 48 valence electrons. The summed E-state index contributed by atoms with van der Waals surface area (Å²) in [5.74, 6) is -0.466. The molecule has 4 heteroatoms. The Morgan fingerprint density at radius 2 is 2.67 bits per heavy atom. The Kier molecular flexibility index (Phi) is 1.48. The number of nitrogens with two attached hydrogens (primary N) is 1. The van der Waals surface area contributed by atoms with Gasteiger partial charge in [-0.25, -0.2) is 0 Å². The molecular formula is C5H7N3O. The summed E-state index contributed by atoms with van der Waals surface area (Å²) in [5, 5.41) is 2.80. The number of hydrogen-bond acceptors (Lipinski definition) is 3. The number of carbonyl (C=O) groups is 1. The molecule has 4 nitrogen and oxygen atoms in total. The van der Waals surface area contributed by atoms with Crippen LogP contribution in [0.15, 0.2) is 17.4 Å². The van der Waals surface area contributed by atoms with Gasteiger partial charge in [0.15, 0.2) is 0 Å². The van der Waals surface area contributed by atoms with Crippen molar-refractivity contribution in [2.75, 3.05) is 6.54 Å². The molecule has 0 aromatic carbocycles. The van der Waals surface area contributed by atoms with Crippen LogP contribution in [0.3, 0.4) is 0 Å². The largest absolute Gasteiger partial charge is 0.384 e. The van der Waals surface area contributed by atoms with Crippen molar-refractivity contribution in [3.63, 3.8) is 0 Å². The lowest BCUT2D eigenvalue weighted by molar-refractivity contribution is -0.112. The van der Waals surface area contributed by atoms with E-state index < -0.39 is 5.91 Å². The van der Waals surface area contributed by atoms with Crippen molar-refractivity contribution in [2.45, 2.75) is 0 Å². The first-order chi connectivity index (χ1) is 4.30. The Labute approximate surface area is 52.5 Å². The number of hydrogen-bond donors (Lipinski definition) is 2. The minimum absolute atomic E-state index is 0.373. The van der Waals surface area contributed by atoms with Crippen molar-refractivity contribution in [1.82, 2.24) is 5.32 Å². The highest BCUT2D eigenvalue weighted by Gasteiger charge is 2.05. The zero-order valence-corrected chi connectivity index (χ0v) is 4.79. The summed E-state index contributed by atoms with van der Waals surface area (Å²) in [4.78, 5) is 14.1. The molecule has 1 heterocycles. The van der Waals surface area contributed by atoms with E-state index in [4.69, 9.17) is 5.73 Å². The first-order valence-electron chi connectivity index (χ1n) is 2.55. The molecule has 9 heavy (non-hydrogen) atoms. The van der Waals surface area contributed by atoms with Crippen molar-refractivity contribution >= 4 is 11.6 Å². The minimum atomic E-state index is -0.466. The highest BCUT2D eigenvalue weighted by atomic mass is 16.1. The first-order valence-corrected chi connectivity index (χ1v) is 2.55. The zero-order valence-electron chi connectivity index (χ0n) is 4.79. The maximum atomic E-state index is 10.4. The minimum Gasteiger partial charge on any atom is -0.384 e. The number of rotatable bonds is 1. The highest BCUT2D eigenvalue weighted by Crippen LogP contribution is 1.84. The number of aliphatic imine (C=N–C) groups is 1. The second kappa shape index (κ2) is 2.30. The number of nitrogens with one attached hydrogen (secondary N) is 1. The fraction of sp³-hybridized carbons (Fsp3) is 0.200. The first kappa shape index (κ1) is 5.81. The summed E-state index contributed by atoms with van der Waals surface area (Å²) >= 11 is 0. The van der Waals surface area contributed by atoms with Gasteiger partial charge in [-0.15, -0.1) is 0 Å². The van der Waals surface area contributed by atoms with Crippen molar-refractivity contribution in [3.8, 4) is 0 Å². The quantitative estimate of drug-likeness (QED) is 0.471. The Bertz CT molecular complexity index is 183. The van der Waals surface area contributed by atoms with Gasteiger partial charge in [0.2, 0.25) is 0 Å². The zero-order chi connectivity index (χ0) is 6.69. The standard InChI is InChI=1S/C5H7N3O/c6-5(9)4-3-7-1-2-8-4/h1-2,7H,3H2,(H2,6,9). The topological polar surface area (TPSA) is 67.5 Å². The molecule has 1 aliphatic rings. The lowest BCUT2D eigenvalue weighted by Crippen LogP contribution is -2.32. The predicted octanol–water partition coefficient (Wildman–Crippen LogP) is -1.01. The molecule has 1 aliphatic heterocycles. The lowest BCUT2D eigenvalue weighted by atomic mass is 10.3. The summed E-state index contributed by atoms with van der Waals surface area (Å²) < 4.78 is 0. The molecule has 0 aliphatic carbocycles. The number of primary amides is 1. The van der Waals surface area contributed by atoms with Crippen molar-refractivity contribution in [2.24, 2.45) is 10.7 Å². The smallest absolute Gasteiger partial charge is 0.264 e. The van der Waals surface area contributed by atoms with Gasteiger partial charge in [0.05, 0.1) is 6.54 Å². The molecule has 0 bridgehead atoms. The fourth-order valence-corrected chi connectivity index (χ4v) is 0.532. The van der Waals surface area contributed by atoms with E-state index in [2.05, 4.69) is 10.3 Å². The highest BCUT2D eigenvalue weighted by molar-refractivity contribution is 6.39. The van der Waals surface area contributed by atoms with Crippen LogP contribution in [0.25, 0.3) is 0 Å². The van der Waals surface area contributed by atoms with Gasteiger partial charge < -0.3 is 11.1 Å². The fourth-order valence-electron chi connectivity index (χ4n) is 0.532. The van der Waals surface area contributed by atoms with E-state index >= 15 is 0 Å². The van der Waals surface area contributed by atoms with E-state index in [1.807, 2.05) is 0 Å². The monoisotopic (exact) mass is 125 g/mol. The van der Waals surface area contributed by atoms with Gasteiger partial charge in [0.25, 0.3) is 5.91 Å². The normalized spacial score (nSPS) is 16.2. The van der Waals surface area contributed by atoms with Crippen molar-refractivity contribution in [3.05, 3.63) is 12.4 Å². The molecule has 0 unspecified atom stereocenters. The van der Waals surface area contributed by atoms with Gasteiger partial charge in [-0.2, -0.15) is 0 Å². The van der Waals surface area contributed by atoms with E-state index in [1.54, 1.807) is 6.20 Å². The summed E-state index contributed by atoms with van der Waals surface area (Å²) in [6.07, 6.45) is 3.16. The van der Waals surface area contributed by atoms with E-state index in [0.717, 1.165) is 0 Å². The third-order valence-electron chi connectivity index (χ3n) is 0.977. The van der Waals surface area contributed by atoms with E-state index in [1.165, 1.54) is 6.20 Å². The third-order valence-corrected chi connectivity index (χ3v) is 0.977. The molecule has 0 aromatic heterocycles. The number of nitrogens with zero attached hydrogens (tertiary/aromatic N) is 1. The van der Waals surface area contributed by atoms with E-state index in [9.17, 15) is 4.79 Å². The SMILES string of the molecule is NC(=O)C1=NC=CNC1. The molecule has 0 atom stereocenters. The molecule has 1 amide bonds. The van der Waals surface area contributed by atoms with Crippen LogP contribution in [0.2, 0.25) is 0 Å². The van der Waals surface area contributed by atoms with Crippen LogP contribution in [0.5, 0.6) is 0 Å². The van der Waals surface area contributed by atoms with Crippen LogP contribution in [0, 0.1) is 0 Å². The van der Waals surface area contributed by atoms with Crippen LogP contribution in [0.4, 0.5) is 0 Å². The maximum absolute atomic E-state index is 10.4. The van der Waals surface area contributed by atoms with Crippen LogP contribution < -0.4 is 11.1 Å². The molecule has 0 spiro atoms. The second-order valence-electron chi connectivity index (χ2n) is 1.64. The second-order valence-corrected chi connectivity index (χ2v) is 1.64. The Hall–Kier alpha value is -1.32. The predicted molar refractivity (Wildman–Crippen MR) is 33.8 cm³/mol. The Morgan fingerprint density at radius 1 is 1.89 bits per heavy atom. The molecule has 0 radical (unpaired) electrons. The van der Waals surface area contributed by atoms with Gasteiger partial charge in [-0.05, 0) is 0 Å². The summed E-state index contributed by atoms with van der Waals surface area (Å²) in [5.41, 5.74) is 5.30. The maximum Gasteiger partial charge on any atom is 0.264 e.